The van der Waals surface area contributed by atoms with Crippen LogP contribution in [0.2, 0.25) is 0 Å². The molecule has 1 aliphatic carbocycles. The molecule has 2 atom stereocenters. The van der Waals surface area contributed by atoms with Crippen molar-refractivity contribution < 1.29 is 24.2 Å². The van der Waals surface area contributed by atoms with E-state index in [1.54, 1.807) is 12.1 Å². The Morgan fingerprint density at radius 1 is 1.12 bits per heavy atom. The van der Waals surface area contributed by atoms with Crippen molar-refractivity contribution in [2.45, 2.75) is 65.3 Å². The van der Waals surface area contributed by atoms with E-state index in [0.29, 0.717) is 30.8 Å². The number of hydrogen-bond acceptors (Lipinski definition) is 5. The molecule has 0 aromatic heterocycles. The Bertz CT molecular complexity index is 743. The van der Waals surface area contributed by atoms with Gasteiger partial charge in [0, 0.05) is 18.9 Å². The first-order valence-corrected chi connectivity index (χ1v) is 13.9. The predicted molar refractivity (Wildman–Crippen MR) is 132 cm³/mol. The molecule has 0 saturated heterocycles. The molecule has 2 amide bonds. The molecule has 188 valence electrons. The van der Waals surface area contributed by atoms with E-state index in [-0.39, 0.29) is 30.4 Å². The first kappa shape index (κ1) is 29.1. The van der Waals surface area contributed by atoms with E-state index in [0.717, 1.165) is 25.7 Å². The number of phenolic OH excluding ortho intramolecular Hbond substituents is 1. The van der Waals surface area contributed by atoms with Gasteiger partial charge in [-0.15, -0.1) is 0 Å². The van der Waals surface area contributed by atoms with Gasteiger partial charge in [-0.05, 0) is 50.2 Å². The average Bonchev–Trinajstić information content (AvgIpc) is 2.77. The summed E-state index contributed by atoms with van der Waals surface area (Å²) in [6.07, 6.45) is 6.76. The molecule has 1 aromatic carbocycles. The lowest BCUT2D eigenvalue weighted by Gasteiger charge is -2.24. The van der Waals surface area contributed by atoms with E-state index < -0.39 is 13.4 Å². The number of hydrogen-bond donors (Lipinski definition) is 5. The van der Waals surface area contributed by atoms with Gasteiger partial charge in [0.05, 0.1) is 12.6 Å². The summed E-state index contributed by atoms with van der Waals surface area (Å²) in [4.78, 5) is 33.4. The molecule has 9 heteroatoms. The van der Waals surface area contributed by atoms with Crippen molar-refractivity contribution in [2.75, 3.05) is 25.4 Å². The number of amides is 2. The topological polar surface area (TPSA) is 142 Å². The van der Waals surface area contributed by atoms with E-state index in [1.165, 1.54) is 12.0 Å². The molecule has 0 spiro atoms. The van der Waals surface area contributed by atoms with Crippen molar-refractivity contribution in [3.63, 3.8) is 0 Å². The van der Waals surface area contributed by atoms with Crippen molar-refractivity contribution >= 4 is 19.2 Å². The van der Waals surface area contributed by atoms with Gasteiger partial charge in [-0.3, -0.25) is 14.2 Å². The van der Waals surface area contributed by atoms with E-state index in [9.17, 15) is 19.0 Å². The maximum Gasteiger partial charge on any atom is 0.239 e. The minimum absolute atomic E-state index is 0.00549. The van der Waals surface area contributed by atoms with Crippen molar-refractivity contribution in [1.29, 1.82) is 0 Å². The monoisotopic (exact) mass is 483 g/mol. The maximum atomic E-state index is 12.3. The molecule has 0 aliphatic heterocycles. The van der Waals surface area contributed by atoms with E-state index >= 15 is 0 Å². The van der Waals surface area contributed by atoms with Crippen LogP contribution in [-0.4, -0.2) is 53.3 Å². The Kier molecular flexibility index (Phi) is 13.3. The van der Waals surface area contributed by atoms with Gasteiger partial charge in [-0.25, -0.2) is 0 Å². The number of carbonyl (C=O) groups is 2. The fraction of sp³-hybridized carbons (Fsp3) is 0.667. The number of nitrogens with two attached hydrogens (primary N) is 1. The molecule has 1 aromatic rings. The number of aryl methyl sites for hydroxylation is 1. The largest absolute Gasteiger partial charge is 0.508 e. The summed E-state index contributed by atoms with van der Waals surface area (Å²) < 4.78 is 12.3. The van der Waals surface area contributed by atoms with Crippen LogP contribution in [0.3, 0.4) is 0 Å². The minimum atomic E-state index is -3.11. The van der Waals surface area contributed by atoms with Crippen molar-refractivity contribution in [3.05, 3.63) is 29.8 Å². The number of nitrogens with one attached hydrogen (secondary N) is 2. The van der Waals surface area contributed by atoms with Crippen LogP contribution in [0, 0.1) is 18.8 Å². The standard InChI is InChI=1S/C17H34N3O4P.C7H8O/c1-13(2)16(18)17(22)20-11-15(21)19-9-6-10-25(23,24)12-14-7-4-3-5-8-14;1-6-2-4-7(8)5-3-6/h13-14,16H,3-12,18H2,1-2H3,(H,19,21)(H,20,22)(H,23,24);2-5,8H,1H3. The first-order chi connectivity index (χ1) is 15.5. The van der Waals surface area contributed by atoms with Gasteiger partial charge in [0.2, 0.25) is 19.2 Å². The number of phenols is 1. The maximum absolute atomic E-state index is 12.3. The van der Waals surface area contributed by atoms with Crippen LogP contribution < -0.4 is 16.4 Å². The predicted octanol–water partition coefficient (Wildman–Crippen LogP) is 3.14. The van der Waals surface area contributed by atoms with E-state index in [4.69, 9.17) is 10.8 Å². The van der Waals surface area contributed by atoms with Crippen molar-refractivity contribution in [1.82, 2.24) is 10.6 Å². The zero-order chi connectivity index (χ0) is 24.9. The fourth-order valence-electron chi connectivity index (χ4n) is 3.61. The van der Waals surface area contributed by atoms with Crippen molar-refractivity contribution in [2.24, 2.45) is 17.6 Å². The Hall–Kier alpha value is -1.89. The third-order valence-corrected chi connectivity index (χ3v) is 7.85. The molecule has 0 radical (unpaired) electrons. The van der Waals surface area contributed by atoms with Crippen LogP contribution in [0.25, 0.3) is 0 Å². The molecule has 8 nitrogen and oxygen atoms in total. The Morgan fingerprint density at radius 3 is 2.27 bits per heavy atom. The summed E-state index contributed by atoms with van der Waals surface area (Å²) in [5, 5.41) is 13.9. The van der Waals surface area contributed by atoms with Gasteiger partial charge in [-0.1, -0.05) is 50.8 Å². The number of benzene rings is 1. The molecule has 1 fully saturated rings. The zero-order valence-corrected chi connectivity index (χ0v) is 21.2. The Labute approximate surface area is 198 Å². The molecular formula is C24H42N3O5P. The summed E-state index contributed by atoms with van der Waals surface area (Å²) in [6.45, 7) is 5.87. The van der Waals surface area contributed by atoms with Crippen LogP contribution in [-0.2, 0) is 14.2 Å². The van der Waals surface area contributed by atoms with E-state index in [2.05, 4.69) is 10.6 Å². The highest BCUT2D eigenvalue weighted by molar-refractivity contribution is 7.58. The molecular weight excluding hydrogens is 441 g/mol. The molecule has 1 saturated carbocycles. The second kappa shape index (κ2) is 15.1. The number of carbonyl (C=O) groups excluding carboxylic acids is 2. The highest BCUT2D eigenvalue weighted by Crippen LogP contribution is 2.45. The Morgan fingerprint density at radius 2 is 1.73 bits per heavy atom. The summed E-state index contributed by atoms with van der Waals surface area (Å²) >= 11 is 0. The van der Waals surface area contributed by atoms with Crippen molar-refractivity contribution in [3.8, 4) is 5.75 Å². The van der Waals surface area contributed by atoms with Crippen LogP contribution in [0.15, 0.2) is 24.3 Å². The minimum Gasteiger partial charge on any atom is -0.508 e. The average molecular weight is 484 g/mol. The van der Waals surface area contributed by atoms with E-state index in [1.807, 2.05) is 32.9 Å². The quantitative estimate of drug-likeness (QED) is 0.256. The van der Waals surface area contributed by atoms with Gasteiger partial charge < -0.3 is 26.4 Å². The van der Waals surface area contributed by atoms with Gasteiger partial charge in [0.15, 0.2) is 0 Å². The number of rotatable bonds is 10. The molecule has 1 aliphatic rings. The molecule has 0 bridgehead atoms. The third kappa shape index (κ3) is 13.4. The summed E-state index contributed by atoms with van der Waals surface area (Å²) in [6, 6.07) is 6.46. The highest BCUT2D eigenvalue weighted by atomic mass is 31.2. The van der Waals surface area contributed by atoms with Gasteiger partial charge >= 0.3 is 0 Å². The summed E-state index contributed by atoms with van der Waals surface area (Å²) in [7, 11) is -3.11. The second-order valence-electron chi connectivity index (χ2n) is 9.28. The highest BCUT2D eigenvalue weighted by Gasteiger charge is 2.25. The van der Waals surface area contributed by atoms with Gasteiger partial charge in [-0.2, -0.15) is 0 Å². The SMILES string of the molecule is CC(C)C(N)C(=O)NCC(=O)NCCCP(=O)(O)CC1CCCCC1.Cc1ccc(O)cc1. The normalized spacial score (nSPS) is 16.8. The van der Waals surface area contributed by atoms with Gasteiger partial charge in [0.1, 0.15) is 5.75 Å². The molecule has 33 heavy (non-hydrogen) atoms. The fourth-order valence-corrected chi connectivity index (χ4v) is 5.62. The second-order valence-corrected chi connectivity index (χ2v) is 11.8. The molecule has 6 N–H and O–H groups in total. The lowest BCUT2D eigenvalue weighted by Crippen LogP contribution is -2.47. The van der Waals surface area contributed by atoms with Crippen LogP contribution in [0.5, 0.6) is 5.75 Å². The van der Waals surface area contributed by atoms with Crippen LogP contribution in [0.4, 0.5) is 0 Å². The van der Waals surface area contributed by atoms with Crippen LogP contribution >= 0.6 is 7.37 Å². The lowest BCUT2D eigenvalue weighted by atomic mass is 9.91. The summed E-state index contributed by atoms with van der Waals surface area (Å²) in [5.41, 5.74) is 6.86. The Balaban J connectivity index is 0.000000568. The number of aromatic hydroxyl groups is 1. The summed E-state index contributed by atoms with van der Waals surface area (Å²) in [5.74, 6) is 0.0444. The smallest absolute Gasteiger partial charge is 0.239 e. The third-order valence-electron chi connectivity index (χ3n) is 5.75. The molecule has 2 rings (SSSR count). The first-order valence-electron chi connectivity index (χ1n) is 11.9. The molecule has 2 unspecified atom stereocenters. The molecule has 0 heterocycles. The van der Waals surface area contributed by atoms with Gasteiger partial charge in [0.25, 0.3) is 0 Å². The zero-order valence-electron chi connectivity index (χ0n) is 20.3. The lowest BCUT2D eigenvalue weighted by molar-refractivity contribution is -0.127. The van der Waals surface area contributed by atoms with Crippen LogP contribution in [0.1, 0.15) is 57.9 Å².